The molecule has 19 heavy (non-hydrogen) atoms. The molecule has 1 aromatic heterocycles. The van der Waals surface area contributed by atoms with E-state index in [-0.39, 0.29) is 5.91 Å². The number of methoxy groups -OCH3 is 1. The highest BCUT2D eigenvalue weighted by Crippen LogP contribution is 2.21. The maximum atomic E-state index is 11.9. The van der Waals surface area contributed by atoms with E-state index in [1.165, 1.54) is 4.70 Å². The lowest BCUT2D eigenvalue weighted by atomic mass is 10.1. The molecule has 0 atom stereocenters. The number of carbonyl (C=O) groups is 1. The molecule has 1 amide bonds. The molecule has 0 aliphatic rings. The lowest BCUT2D eigenvalue weighted by Crippen LogP contribution is -2.33. The van der Waals surface area contributed by atoms with Crippen molar-refractivity contribution in [2.45, 2.75) is 0 Å². The summed E-state index contributed by atoms with van der Waals surface area (Å²) < 4.78 is 6.13. The van der Waals surface area contributed by atoms with Gasteiger partial charge in [0.2, 0.25) is 0 Å². The first-order valence-corrected chi connectivity index (χ1v) is 7.14. The lowest BCUT2D eigenvalue weighted by Gasteiger charge is -2.06. The maximum absolute atomic E-state index is 11.9. The topological polar surface area (TPSA) is 50.4 Å². The van der Waals surface area contributed by atoms with Crippen molar-refractivity contribution in [1.29, 1.82) is 0 Å². The van der Waals surface area contributed by atoms with Crippen LogP contribution in [-0.2, 0) is 4.74 Å². The van der Waals surface area contributed by atoms with E-state index in [2.05, 4.69) is 10.6 Å². The van der Waals surface area contributed by atoms with Crippen molar-refractivity contribution >= 4 is 27.3 Å². The van der Waals surface area contributed by atoms with Crippen LogP contribution in [0.2, 0.25) is 0 Å². The molecule has 0 saturated heterocycles. The van der Waals surface area contributed by atoms with Crippen molar-refractivity contribution in [3.63, 3.8) is 0 Å². The second kappa shape index (κ2) is 7.23. The van der Waals surface area contributed by atoms with Gasteiger partial charge in [-0.2, -0.15) is 0 Å². The van der Waals surface area contributed by atoms with Crippen LogP contribution in [0.4, 0.5) is 0 Å². The van der Waals surface area contributed by atoms with E-state index in [0.717, 1.165) is 18.5 Å². The minimum Gasteiger partial charge on any atom is -0.383 e. The van der Waals surface area contributed by atoms with Crippen LogP contribution in [0.1, 0.15) is 10.4 Å². The van der Waals surface area contributed by atoms with E-state index in [4.69, 9.17) is 4.74 Å². The molecule has 2 aromatic rings. The van der Waals surface area contributed by atoms with E-state index in [9.17, 15) is 4.79 Å². The molecule has 1 aromatic carbocycles. The van der Waals surface area contributed by atoms with Gasteiger partial charge >= 0.3 is 0 Å². The Morgan fingerprint density at radius 2 is 2.16 bits per heavy atom. The van der Waals surface area contributed by atoms with Crippen molar-refractivity contribution < 1.29 is 9.53 Å². The maximum Gasteiger partial charge on any atom is 0.251 e. The third-order valence-corrected chi connectivity index (χ3v) is 3.68. The van der Waals surface area contributed by atoms with Gasteiger partial charge in [-0.15, -0.1) is 11.3 Å². The van der Waals surface area contributed by atoms with Gasteiger partial charge in [0, 0.05) is 37.0 Å². The Bertz CT molecular complexity index is 539. The first-order valence-electron chi connectivity index (χ1n) is 6.26. The van der Waals surface area contributed by atoms with Gasteiger partial charge < -0.3 is 15.4 Å². The molecule has 0 saturated carbocycles. The normalized spacial score (nSPS) is 10.8. The number of hydrogen-bond donors (Lipinski definition) is 2. The highest BCUT2D eigenvalue weighted by atomic mass is 32.1. The van der Waals surface area contributed by atoms with Gasteiger partial charge in [-0.3, -0.25) is 4.79 Å². The monoisotopic (exact) mass is 278 g/mol. The Kier molecular flexibility index (Phi) is 5.32. The molecule has 102 valence electrons. The van der Waals surface area contributed by atoms with Crippen LogP contribution in [0.15, 0.2) is 29.6 Å². The first kappa shape index (κ1) is 14.0. The van der Waals surface area contributed by atoms with Crippen LogP contribution >= 0.6 is 11.3 Å². The molecule has 1 heterocycles. The van der Waals surface area contributed by atoms with Gasteiger partial charge in [0.15, 0.2) is 0 Å². The Labute approximate surface area is 116 Å². The minimum atomic E-state index is -0.0263. The number of fused-ring (bicyclic) bond motifs is 1. The molecule has 0 bridgehead atoms. The number of amides is 1. The summed E-state index contributed by atoms with van der Waals surface area (Å²) in [4.78, 5) is 11.9. The van der Waals surface area contributed by atoms with Gasteiger partial charge in [0.1, 0.15) is 0 Å². The smallest absolute Gasteiger partial charge is 0.251 e. The van der Waals surface area contributed by atoms with Crippen LogP contribution in [0.25, 0.3) is 10.1 Å². The fourth-order valence-electron chi connectivity index (χ4n) is 1.77. The Morgan fingerprint density at radius 1 is 1.26 bits per heavy atom. The van der Waals surface area contributed by atoms with Crippen LogP contribution < -0.4 is 10.6 Å². The zero-order chi connectivity index (χ0) is 13.5. The predicted molar refractivity (Wildman–Crippen MR) is 78.9 cm³/mol. The quantitative estimate of drug-likeness (QED) is 0.760. The zero-order valence-electron chi connectivity index (χ0n) is 10.9. The fraction of sp³-hybridized carbons (Fsp3) is 0.357. The van der Waals surface area contributed by atoms with Gasteiger partial charge in [-0.25, -0.2) is 0 Å². The molecule has 0 radical (unpaired) electrons. The van der Waals surface area contributed by atoms with Gasteiger partial charge in [-0.1, -0.05) is 0 Å². The summed E-state index contributed by atoms with van der Waals surface area (Å²) in [5, 5.41) is 9.23. The summed E-state index contributed by atoms with van der Waals surface area (Å²) in [5.74, 6) is -0.0263. The highest BCUT2D eigenvalue weighted by Gasteiger charge is 2.05. The van der Waals surface area contributed by atoms with E-state index in [1.807, 2.05) is 29.6 Å². The van der Waals surface area contributed by atoms with Crippen LogP contribution in [0.5, 0.6) is 0 Å². The van der Waals surface area contributed by atoms with Gasteiger partial charge in [-0.05, 0) is 35.0 Å². The first-order chi connectivity index (χ1) is 9.31. The van der Waals surface area contributed by atoms with Crippen molar-refractivity contribution in [3.8, 4) is 0 Å². The van der Waals surface area contributed by atoms with E-state index >= 15 is 0 Å². The van der Waals surface area contributed by atoms with Crippen LogP contribution in [-0.4, -0.2) is 39.3 Å². The highest BCUT2D eigenvalue weighted by molar-refractivity contribution is 7.17. The molecule has 4 nitrogen and oxygen atoms in total. The number of hydrogen-bond acceptors (Lipinski definition) is 4. The summed E-state index contributed by atoms with van der Waals surface area (Å²) in [6.07, 6.45) is 0. The summed E-state index contributed by atoms with van der Waals surface area (Å²) in [6.45, 7) is 2.84. The molecule has 2 rings (SSSR count). The average Bonchev–Trinajstić information content (AvgIpc) is 2.89. The van der Waals surface area contributed by atoms with Crippen molar-refractivity contribution in [3.05, 3.63) is 35.2 Å². The average molecular weight is 278 g/mol. The molecule has 0 aliphatic carbocycles. The Hall–Kier alpha value is -1.43. The van der Waals surface area contributed by atoms with Gasteiger partial charge in [0.25, 0.3) is 5.91 Å². The van der Waals surface area contributed by atoms with Gasteiger partial charge in [0.05, 0.1) is 6.61 Å². The van der Waals surface area contributed by atoms with E-state index in [1.54, 1.807) is 18.4 Å². The largest absolute Gasteiger partial charge is 0.383 e. The molecule has 5 heteroatoms. The van der Waals surface area contributed by atoms with Crippen molar-refractivity contribution in [2.75, 3.05) is 33.4 Å². The van der Waals surface area contributed by atoms with E-state index < -0.39 is 0 Å². The van der Waals surface area contributed by atoms with Crippen molar-refractivity contribution in [2.24, 2.45) is 0 Å². The molecule has 0 spiro atoms. The third-order valence-electron chi connectivity index (χ3n) is 2.78. The molecule has 0 unspecified atom stereocenters. The van der Waals surface area contributed by atoms with Crippen LogP contribution in [0.3, 0.4) is 0 Å². The Morgan fingerprint density at radius 3 is 3.00 bits per heavy atom. The molecule has 2 N–H and O–H groups in total. The molecule has 0 fully saturated rings. The van der Waals surface area contributed by atoms with E-state index in [0.29, 0.717) is 18.7 Å². The number of rotatable bonds is 7. The Balaban J connectivity index is 1.79. The second-order valence-corrected chi connectivity index (χ2v) is 5.12. The fourth-order valence-corrected chi connectivity index (χ4v) is 2.54. The molecular formula is C14H18N2O2S. The standard InChI is InChI=1S/C14H18N2O2S/c1-18-8-7-15-5-6-16-14(17)12-2-3-13-11(10-12)4-9-19-13/h2-4,9-10,15H,5-8H2,1H3,(H,16,17). The summed E-state index contributed by atoms with van der Waals surface area (Å²) >= 11 is 1.68. The summed E-state index contributed by atoms with van der Waals surface area (Å²) in [5.41, 5.74) is 0.711. The SMILES string of the molecule is COCCNCCNC(=O)c1ccc2sccc2c1. The minimum absolute atomic E-state index is 0.0263. The number of carbonyl (C=O) groups excluding carboxylic acids is 1. The summed E-state index contributed by atoms with van der Waals surface area (Å²) in [7, 11) is 1.67. The zero-order valence-corrected chi connectivity index (χ0v) is 11.8. The number of benzene rings is 1. The predicted octanol–water partition coefficient (Wildman–Crippen LogP) is 1.87. The number of ether oxygens (including phenoxy) is 1. The summed E-state index contributed by atoms with van der Waals surface area (Å²) in [6, 6.07) is 7.82. The molecule has 0 aliphatic heterocycles. The third kappa shape index (κ3) is 4.02. The lowest BCUT2D eigenvalue weighted by molar-refractivity contribution is 0.0954. The van der Waals surface area contributed by atoms with Crippen LogP contribution in [0, 0.1) is 0 Å². The number of nitrogens with one attached hydrogen (secondary N) is 2. The number of thiophene rings is 1. The molecular weight excluding hydrogens is 260 g/mol. The van der Waals surface area contributed by atoms with Crippen molar-refractivity contribution in [1.82, 2.24) is 10.6 Å². The second-order valence-electron chi connectivity index (χ2n) is 4.17.